The normalized spacial score (nSPS) is 13.1. The minimum absolute atomic E-state index is 0.120. The summed E-state index contributed by atoms with van der Waals surface area (Å²) in [6.07, 6.45) is 0. The minimum atomic E-state index is -0.120. The number of furan rings is 2. The second-order valence-corrected chi connectivity index (χ2v) is 16.0. The summed E-state index contributed by atoms with van der Waals surface area (Å²) in [6, 6.07) is 67.5. The number of benzene rings is 9. The van der Waals surface area contributed by atoms with Gasteiger partial charge in [-0.3, -0.25) is 0 Å². The predicted octanol–water partition coefficient (Wildman–Crippen LogP) is 15.7. The minimum Gasteiger partial charge on any atom is -0.455 e. The van der Waals surface area contributed by atoms with E-state index in [1.165, 1.54) is 33.4 Å². The van der Waals surface area contributed by atoms with Gasteiger partial charge >= 0.3 is 0 Å². The van der Waals surface area contributed by atoms with E-state index in [9.17, 15) is 0 Å². The Morgan fingerprint density at radius 1 is 0.379 bits per heavy atom. The van der Waals surface area contributed by atoms with Gasteiger partial charge in [0.25, 0.3) is 0 Å². The molecule has 0 unspecified atom stereocenters. The third-order valence-electron chi connectivity index (χ3n) is 12.5. The highest BCUT2D eigenvalue weighted by Crippen LogP contribution is 2.53. The Morgan fingerprint density at radius 3 is 1.86 bits per heavy atom. The third-order valence-corrected chi connectivity index (χ3v) is 12.5. The molecule has 2 heterocycles. The largest absolute Gasteiger partial charge is 0.455 e. The first-order valence-corrected chi connectivity index (χ1v) is 20.0. The molecular formula is C55H37NO2. The Bertz CT molecular complexity index is 3440. The number of para-hydroxylation sites is 4. The van der Waals surface area contributed by atoms with Crippen molar-refractivity contribution in [3.63, 3.8) is 0 Å². The van der Waals surface area contributed by atoms with Crippen LogP contribution in [-0.4, -0.2) is 0 Å². The molecule has 0 fully saturated rings. The Hall–Kier alpha value is -7.36. The fraction of sp³-hybridized carbons (Fsp3) is 0.0545. The van der Waals surface area contributed by atoms with Gasteiger partial charge in [0, 0.05) is 49.2 Å². The predicted molar refractivity (Wildman–Crippen MR) is 242 cm³/mol. The van der Waals surface area contributed by atoms with Crippen LogP contribution in [0.15, 0.2) is 197 Å². The number of rotatable bonds is 5. The van der Waals surface area contributed by atoms with E-state index in [1.807, 2.05) is 12.1 Å². The van der Waals surface area contributed by atoms with Crippen LogP contribution in [0.2, 0.25) is 0 Å². The first kappa shape index (κ1) is 32.8. The topological polar surface area (TPSA) is 29.5 Å². The number of fused-ring (bicyclic) bond motifs is 11. The van der Waals surface area contributed by atoms with Gasteiger partial charge in [-0.25, -0.2) is 0 Å². The van der Waals surface area contributed by atoms with Gasteiger partial charge in [-0.2, -0.15) is 0 Å². The lowest BCUT2D eigenvalue weighted by Crippen LogP contribution is -2.16. The fourth-order valence-electron chi connectivity index (χ4n) is 9.83. The summed E-state index contributed by atoms with van der Waals surface area (Å²) < 4.78 is 13.7. The molecule has 3 nitrogen and oxygen atoms in total. The van der Waals surface area contributed by atoms with Crippen molar-refractivity contribution >= 4 is 71.7 Å². The lowest BCUT2D eigenvalue weighted by atomic mass is 9.79. The first-order chi connectivity index (χ1) is 28.5. The van der Waals surface area contributed by atoms with Crippen molar-refractivity contribution < 1.29 is 8.83 Å². The molecule has 12 rings (SSSR count). The number of nitrogens with zero attached hydrogens (tertiary/aromatic N) is 1. The van der Waals surface area contributed by atoms with Gasteiger partial charge in [-0.15, -0.1) is 0 Å². The second kappa shape index (κ2) is 12.3. The summed E-state index contributed by atoms with van der Waals surface area (Å²) in [7, 11) is 0. The summed E-state index contributed by atoms with van der Waals surface area (Å²) in [5, 5.41) is 6.67. The fourth-order valence-corrected chi connectivity index (χ4v) is 9.83. The summed E-state index contributed by atoms with van der Waals surface area (Å²) in [5.74, 6) is 0. The highest BCUT2D eigenvalue weighted by Gasteiger charge is 2.37. The Morgan fingerprint density at radius 2 is 0.983 bits per heavy atom. The second-order valence-electron chi connectivity index (χ2n) is 16.0. The van der Waals surface area contributed by atoms with Gasteiger partial charge in [0.2, 0.25) is 0 Å². The molecule has 0 saturated heterocycles. The van der Waals surface area contributed by atoms with Crippen LogP contribution in [0.3, 0.4) is 0 Å². The zero-order valence-corrected chi connectivity index (χ0v) is 32.2. The van der Waals surface area contributed by atoms with Crippen molar-refractivity contribution in [2.75, 3.05) is 4.90 Å². The zero-order chi connectivity index (χ0) is 38.5. The molecule has 0 atom stereocenters. The van der Waals surface area contributed by atoms with Gasteiger partial charge in [-0.1, -0.05) is 166 Å². The van der Waals surface area contributed by atoms with Crippen LogP contribution in [0.5, 0.6) is 0 Å². The van der Waals surface area contributed by atoms with E-state index in [0.717, 1.165) is 82.8 Å². The van der Waals surface area contributed by atoms with Gasteiger partial charge in [0.1, 0.15) is 16.7 Å². The zero-order valence-electron chi connectivity index (χ0n) is 32.2. The summed E-state index contributed by atoms with van der Waals surface area (Å²) in [6.45, 7) is 4.71. The molecule has 0 N–H and O–H groups in total. The standard InChI is InChI=1S/C55H37NO2/c1-55(2)47-24-8-5-16-39(47)42-20-11-19-37(51(42)55)35-28-31-36(32-29-35)56(49-26-13-23-45-46-33-30-34-14-3-4-15-38(34)52(46)58-54(45)49)48-25-9-6-17-40(48)43-21-12-22-44-41-18-7-10-27-50(41)57-53(43)44/h3-33H,1-2H3. The third kappa shape index (κ3) is 4.68. The van der Waals surface area contributed by atoms with Crippen molar-refractivity contribution in [3.05, 3.63) is 199 Å². The molecule has 9 aromatic carbocycles. The van der Waals surface area contributed by atoms with Crippen LogP contribution < -0.4 is 4.90 Å². The molecule has 2 aromatic heterocycles. The van der Waals surface area contributed by atoms with Crippen molar-refractivity contribution in [1.82, 2.24) is 0 Å². The molecule has 0 radical (unpaired) electrons. The van der Waals surface area contributed by atoms with Crippen LogP contribution >= 0.6 is 0 Å². The number of hydrogen-bond acceptors (Lipinski definition) is 3. The van der Waals surface area contributed by atoms with E-state index in [4.69, 9.17) is 8.83 Å². The molecule has 58 heavy (non-hydrogen) atoms. The average molecular weight is 744 g/mol. The average Bonchev–Trinajstić information content (AvgIpc) is 3.93. The Kier molecular flexibility index (Phi) is 6.98. The molecular weight excluding hydrogens is 707 g/mol. The lowest BCUT2D eigenvalue weighted by molar-refractivity contribution is 0.662. The van der Waals surface area contributed by atoms with Crippen molar-refractivity contribution in [2.24, 2.45) is 0 Å². The van der Waals surface area contributed by atoms with Crippen molar-refractivity contribution in [3.8, 4) is 33.4 Å². The summed E-state index contributed by atoms with van der Waals surface area (Å²) in [4.78, 5) is 2.36. The highest BCUT2D eigenvalue weighted by molar-refractivity contribution is 6.18. The van der Waals surface area contributed by atoms with E-state index in [-0.39, 0.29) is 5.41 Å². The lowest BCUT2D eigenvalue weighted by Gasteiger charge is -2.28. The molecule has 0 amide bonds. The Labute approximate surface area is 336 Å². The van der Waals surface area contributed by atoms with E-state index >= 15 is 0 Å². The SMILES string of the molecule is CC1(C)c2ccccc2-c2cccc(-c3ccc(N(c4ccccc4-c4cccc5c4oc4ccccc45)c4cccc5c4oc4c6ccccc6ccc54)cc3)c21. The molecule has 0 bridgehead atoms. The molecule has 0 spiro atoms. The van der Waals surface area contributed by atoms with Crippen LogP contribution in [0, 0.1) is 0 Å². The molecule has 1 aliphatic carbocycles. The van der Waals surface area contributed by atoms with Crippen molar-refractivity contribution in [2.45, 2.75) is 19.3 Å². The van der Waals surface area contributed by atoms with Crippen LogP contribution in [0.4, 0.5) is 17.1 Å². The van der Waals surface area contributed by atoms with Gasteiger partial charge in [-0.05, 0) is 75.2 Å². The summed E-state index contributed by atoms with van der Waals surface area (Å²) in [5.41, 5.74) is 16.4. The van der Waals surface area contributed by atoms with E-state index < -0.39 is 0 Å². The van der Waals surface area contributed by atoms with E-state index in [1.54, 1.807) is 0 Å². The smallest absolute Gasteiger partial charge is 0.159 e. The van der Waals surface area contributed by atoms with Crippen molar-refractivity contribution in [1.29, 1.82) is 0 Å². The van der Waals surface area contributed by atoms with Crippen LogP contribution in [-0.2, 0) is 5.41 Å². The van der Waals surface area contributed by atoms with Gasteiger partial charge in [0.05, 0.1) is 11.4 Å². The molecule has 1 aliphatic rings. The van der Waals surface area contributed by atoms with Crippen LogP contribution in [0.1, 0.15) is 25.0 Å². The summed E-state index contributed by atoms with van der Waals surface area (Å²) >= 11 is 0. The van der Waals surface area contributed by atoms with E-state index in [2.05, 4.69) is 195 Å². The molecule has 274 valence electrons. The Balaban J connectivity index is 1.09. The van der Waals surface area contributed by atoms with Gasteiger partial charge in [0.15, 0.2) is 5.58 Å². The van der Waals surface area contributed by atoms with Crippen LogP contribution in [0.25, 0.3) is 88.0 Å². The quantitative estimate of drug-likeness (QED) is 0.176. The molecule has 0 aliphatic heterocycles. The molecule has 11 aromatic rings. The number of hydrogen-bond donors (Lipinski definition) is 0. The van der Waals surface area contributed by atoms with E-state index in [0.29, 0.717) is 0 Å². The maximum atomic E-state index is 7.01. The highest BCUT2D eigenvalue weighted by atomic mass is 16.3. The maximum absolute atomic E-state index is 7.01. The maximum Gasteiger partial charge on any atom is 0.159 e. The molecule has 3 heteroatoms. The first-order valence-electron chi connectivity index (χ1n) is 20.0. The monoisotopic (exact) mass is 743 g/mol. The molecule has 0 saturated carbocycles. The van der Waals surface area contributed by atoms with Gasteiger partial charge < -0.3 is 13.7 Å². The number of anilines is 3.